The molecule has 2 rings (SSSR count). The maximum atomic E-state index is 5.42. The molecule has 68 valence electrons. The number of nitrogen functional groups attached to an aromatic ring is 1. The summed E-state index contributed by atoms with van der Waals surface area (Å²) in [5.41, 5.74) is 6.20. The maximum absolute atomic E-state index is 5.42. The molecule has 1 aliphatic carbocycles. The van der Waals surface area contributed by atoms with E-state index in [1.54, 1.807) is 18.5 Å². The average molecular weight is 176 g/mol. The van der Waals surface area contributed by atoms with Gasteiger partial charge in [0.2, 0.25) is 5.95 Å². The van der Waals surface area contributed by atoms with Crippen molar-refractivity contribution in [3.63, 3.8) is 0 Å². The highest BCUT2D eigenvalue weighted by Gasteiger charge is 2.19. The summed E-state index contributed by atoms with van der Waals surface area (Å²) < 4.78 is 0. The second kappa shape index (κ2) is 3.51. The van der Waals surface area contributed by atoms with Gasteiger partial charge in [0.25, 0.3) is 0 Å². The lowest BCUT2D eigenvalue weighted by atomic mass is 10.4. The molecule has 0 aromatic carbocycles. The van der Waals surface area contributed by atoms with E-state index in [0.29, 0.717) is 5.95 Å². The summed E-state index contributed by atoms with van der Waals surface area (Å²) >= 11 is 0. The van der Waals surface area contributed by atoms with Crippen molar-refractivity contribution in [3.05, 3.63) is 18.0 Å². The van der Waals surface area contributed by atoms with Gasteiger partial charge < -0.3 is 5.73 Å². The molecule has 0 amide bonds. The van der Waals surface area contributed by atoms with Crippen LogP contribution in [-0.2, 0) is 0 Å². The van der Waals surface area contributed by atoms with Gasteiger partial charge in [0, 0.05) is 19.0 Å². The molecule has 4 heteroatoms. The molecule has 0 atom stereocenters. The zero-order valence-corrected chi connectivity index (χ0v) is 7.35. The van der Waals surface area contributed by atoms with Gasteiger partial charge >= 0.3 is 0 Å². The third kappa shape index (κ3) is 2.50. The zero-order valence-electron chi connectivity index (χ0n) is 7.35. The van der Waals surface area contributed by atoms with Gasteiger partial charge in [0.1, 0.15) is 0 Å². The molecule has 2 N–H and O–H groups in total. The second-order valence-electron chi connectivity index (χ2n) is 3.28. The van der Waals surface area contributed by atoms with Crippen molar-refractivity contribution in [2.75, 3.05) is 12.3 Å². The van der Waals surface area contributed by atoms with Crippen LogP contribution in [0.15, 0.2) is 17.3 Å². The van der Waals surface area contributed by atoms with Crippen LogP contribution in [0.1, 0.15) is 18.5 Å². The number of hydrogen-bond acceptors (Lipinski definition) is 4. The third-order valence-corrected chi connectivity index (χ3v) is 1.98. The number of rotatable bonds is 3. The van der Waals surface area contributed by atoms with Gasteiger partial charge in [0.15, 0.2) is 0 Å². The average Bonchev–Trinajstić information content (AvgIpc) is 2.88. The number of aromatic nitrogens is 2. The van der Waals surface area contributed by atoms with Crippen molar-refractivity contribution < 1.29 is 0 Å². The van der Waals surface area contributed by atoms with Crippen LogP contribution in [0.5, 0.6) is 0 Å². The van der Waals surface area contributed by atoms with Crippen molar-refractivity contribution in [2.24, 2.45) is 10.9 Å². The molecule has 0 radical (unpaired) electrons. The second-order valence-corrected chi connectivity index (χ2v) is 3.28. The zero-order chi connectivity index (χ0) is 9.10. The molecule has 1 saturated carbocycles. The summed E-state index contributed by atoms with van der Waals surface area (Å²) in [6.07, 6.45) is 6.05. The van der Waals surface area contributed by atoms with Crippen molar-refractivity contribution in [3.8, 4) is 0 Å². The SMILES string of the molecule is Nc1nccc(C=NCC2CC2)n1. The fourth-order valence-electron chi connectivity index (χ4n) is 1.06. The Morgan fingerprint density at radius 1 is 1.62 bits per heavy atom. The van der Waals surface area contributed by atoms with Gasteiger partial charge in [-0.2, -0.15) is 0 Å². The summed E-state index contributed by atoms with van der Waals surface area (Å²) in [5, 5.41) is 0. The molecular formula is C9H12N4. The van der Waals surface area contributed by atoms with E-state index in [2.05, 4.69) is 15.0 Å². The lowest BCUT2D eigenvalue weighted by Crippen LogP contribution is -1.97. The van der Waals surface area contributed by atoms with E-state index in [0.717, 1.165) is 18.2 Å². The molecular weight excluding hydrogens is 164 g/mol. The fraction of sp³-hybridized carbons (Fsp3) is 0.444. The van der Waals surface area contributed by atoms with Crippen molar-refractivity contribution in [1.29, 1.82) is 0 Å². The Morgan fingerprint density at radius 2 is 2.46 bits per heavy atom. The Kier molecular flexibility index (Phi) is 2.21. The molecule has 1 aromatic heterocycles. The molecule has 0 spiro atoms. The first kappa shape index (κ1) is 8.16. The van der Waals surface area contributed by atoms with Crippen LogP contribution in [0.3, 0.4) is 0 Å². The van der Waals surface area contributed by atoms with Gasteiger partial charge in [-0.05, 0) is 24.8 Å². The molecule has 1 aromatic rings. The highest BCUT2D eigenvalue weighted by molar-refractivity contribution is 5.77. The molecule has 0 bridgehead atoms. The fourth-order valence-corrected chi connectivity index (χ4v) is 1.06. The molecule has 0 unspecified atom stereocenters. The predicted molar refractivity (Wildman–Crippen MR) is 51.6 cm³/mol. The first-order chi connectivity index (χ1) is 6.34. The first-order valence-electron chi connectivity index (χ1n) is 4.43. The minimum Gasteiger partial charge on any atom is -0.368 e. The van der Waals surface area contributed by atoms with Crippen molar-refractivity contribution in [2.45, 2.75) is 12.8 Å². The lowest BCUT2D eigenvalue weighted by molar-refractivity contribution is 0.851. The summed E-state index contributed by atoms with van der Waals surface area (Å²) in [5.74, 6) is 1.12. The molecule has 1 fully saturated rings. The van der Waals surface area contributed by atoms with Crippen LogP contribution in [0.4, 0.5) is 5.95 Å². The van der Waals surface area contributed by atoms with E-state index in [1.165, 1.54) is 12.8 Å². The summed E-state index contributed by atoms with van der Waals surface area (Å²) in [6.45, 7) is 0.921. The van der Waals surface area contributed by atoms with Gasteiger partial charge in [0.05, 0.1) is 5.69 Å². The van der Waals surface area contributed by atoms with Crippen molar-refractivity contribution in [1.82, 2.24) is 9.97 Å². The predicted octanol–water partition coefficient (Wildman–Crippen LogP) is 0.888. The van der Waals surface area contributed by atoms with Crippen molar-refractivity contribution >= 4 is 12.2 Å². The Bertz CT molecular complexity index is 317. The van der Waals surface area contributed by atoms with E-state index in [9.17, 15) is 0 Å². The van der Waals surface area contributed by atoms with Gasteiger partial charge in [-0.3, -0.25) is 4.99 Å². The van der Waals surface area contributed by atoms with Gasteiger partial charge in [-0.25, -0.2) is 9.97 Å². The topological polar surface area (TPSA) is 64.2 Å². The number of hydrogen-bond donors (Lipinski definition) is 1. The molecule has 0 saturated heterocycles. The summed E-state index contributed by atoms with van der Waals surface area (Å²) in [6, 6.07) is 1.80. The smallest absolute Gasteiger partial charge is 0.220 e. The van der Waals surface area contributed by atoms with E-state index < -0.39 is 0 Å². The number of anilines is 1. The van der Waals surface area contributed by atoms with E-state index in [1.807, 2.05) is 0 Å². The van der Waals surface area contributed by atoms with Crippen LogP contribution >= 0.6 is 0 Å². The van der Waals surface area contributed by atoms with Crippen LogP contribution in [-0.4, -0.2) is 22.7 Å². The molecule has 13 heavy (non-hydrogen) atoms. The van der Waals surface area contributed by atoms with E-state index >= 15 is 0 Å². The summed E-state index contributed by atoms with van der Waals surface area (Å²) in [7, 11) is 0. The highest BCUT2D eigenvalue weighted by atomic mass is 15.0. The van der Waals surface area contributed by atoms with Gasteiger partial charge in [-0.15, -0.1) is 0 Å². The summed E-state index contributed by atoms with van der Waals surface area (Å²) in [4.78, 5) is 12.1. The normalized spacial score (nSPS) is 16.6. The Hall–Kier alpha value is -1.45. The number of aliphatic imine (C=N–C) groups is 1. The minimum atomic E-state index is 0.301. The van der Waals surface area contributed by atoms with E-state index in [4.69, 9.17) is 5.73 Å². The lowest BCUT2D eigenvalue weighted by Gasteiger charge is -1.93. The Morgan fingerprint density at radius 3 is 3.15 bits per heavy atom. The monoisotopic (exact) mass is 176 g/mol. The number of nitrogens with zero attached hydrogens (tertiary/aromatic N) is 3. The quantitative estimate of drug-likeness (QED) is 0.695. The Balaban J connectivity index is 1.95. The van der Waals surface area contributed by atoms with Crippen LogP contribution in [0.2, 0.25) is 0 Å². The molecule has 1 aliphatic rings. The van der Waals surface area contributed by atoms with Crippen LogP contribution in [0.25, 0.3) is 0 Å². The molecule has 1 heterocycles. The largest absolute Gasteiger partial charge is 0.368 e. The minimum absolute atomic E-state index is 0.301. The maximum Gasteiger partial charge on any atom is 0.220 e. The highest BCUT2D eigenvalue weighted by Crippen LogP contribution is 2.28. The van der Waals surface area contributed by atoms with Crippen LogP contribution < -0.4 is 5.73 Å². The first-order valence-corrected chi connectivity index (χ1v) is 4.43. The standard InChI is InChI=1S/C9H12N4/c10-9-12-4-3-8(13-9)6-11-5-7-1-2-7/h3-4,6-7H,1-2,5H2,(H2,10,12,13). The van der Waals surface area contributed by atoms with Gasteiger partial charge in [-0.1, -0.05) is 0 Å². The van der Waals surface area contributed by atoms with E-state index in [-0.39, 0.29) is 0 Å². The molecule has 0 aliphatic heterocycles. The molecule has 4 nitrogen and oxygen atoms in total. The van der Waals surface area contributed by atoms with Crippen LogP contribution in [0, 0.1) is 5.92 Å². The third-order valence-electron chi connectivity index (χ3n) is 1.98. The number of nitrogens with two attached hydrogens (primary N) is 1. The Labute approximate surface area is 76.9 Å².